The zero-order chi connectivity index (χ0) is 13.2. The van der Waals surface area contributed by atoms with Crippen molar-refractivity contribution in [3.05, 3.63) is 57.9 Å². The van der Waals surface area contributed by atoms with Crippen LogP contribution < -0.4 is 5.32 Å². The zero-order valence-corrected chi connectivity index (χ0v) is 11.8. The van der Waals surface area contributed by atoms with E-state index in [1.165, 1.54) is 11.3 Å². The van der Waals surface area contributed by atoms with E-state index >= 15 is 0 Å². The summed E-state index contributed by atoms with van der Waals surface area (Å²) in [6, 6.07) is 7.66. The van der Waals surface area contributed by atoms with Gasteiger partial charge < -0.3 is 9.73 Å². The van der Waals surface area contributed by atoms with Crippen molar-refractivity contribution in [2.45, 2.75) is 6.04 Å². The average molecular weight is 294 g/mol. The van der Waals surface area contributed by atoms with Crippen LogP contribution in [-0.2, 0) is 7.05 Å². The number of nitrogens with one attached hydrogen (secondary N) is 1. The normalized spacial score (nSPS) is 12.5. The minimum atomic E-state index is -0.0586. The monoisotopic (exact) mass is 293 g/mol. The SMILES string of the molecule is Cn1cc(NC(c2ccco2)c2ccc(Cl)s2)cn1. The molecule has 0 bridgehead atoms. The fourth-order valence-corrected chi connectivity index (χ4v) is 3.00. The maximum Gasteiger partial charge on any atom is 0.131 e. The predicted molar refractivity (Wildman–Crippen MR) is 76.7 cm³/mol. The largest absolute Gasteiger partial charge is 0.467 e. The van der Waals surface area contributed by atoms with Crippen LogP contribution in [0.5, 0.6) is 0 Å². The van der Waals surface area contributed by atoms with Gasteiger partial charge in [-0.3, -0.25) is 4.68 Å². The van der Waals surface area contributed by atoms with Gasteiger partial charge in [0.25, 0.3) is 0 Å². The maximum absolute atomic E-state index is 6.02. The molecule has 0 spiro atoms. The summed E-state index contributed by atoms with van der Waals surface area (Å²) in [5.41, 5.74) is 0.938. The van der Waals surface area contributed by atoms with Crippen molar-refractivity contribution >= 4 is 28.6 Å². The van der Waals surface area contributed by atoms with Gasteiger partial charge in [-0.05, 0) is 24.3 Å². The van der Waals surface area contributed by atoms with Gasteiger partial charge in [0.1, 0.15) is 11.8 Å². The van der Waals surface area contributed by atoms with Crippen LogP contribution in [0.3, 0.4) is 0 Å². The van der Waals surface area contributed by atoms with Crippen molar-refractivity contribution in [1.29, 1.82) is 0 Å². The summed E-state index contributed by atoms with van der Waals surface area (Å²) in [7, 11) is 1.88. The zero-order valence-electron chi connectivity index (χ0n) is 10.2. The first-order chi connectivity index (χ1) is 9.22. The molecule has 0 aromatic carbocycles. The number of rotatable bonds is 4. The highest BCUT2D eigenvalue weighted by Gasteiger charge is 2.19. The highest BCUT2D eigenvalue weighted by Crippen LogP contribution is 2.33. The third-order valence-corrected chi connectivity index (χ3v) is 4.02. The molecule has 0 fully saturated rings. The lowest BCUT2D eigenvalue weighted by Crippen LogP contribution is -2.09. The number of aryl methyl sites for hydroxylation is 1. The van der Waals surface area contributed by atoms with Gasteiger partial charge in [0.15, 0.2) is 0 Å². The third-order valence-electron chi connectivity index (χ3n) is 2.72. The van der Waals surface area contributed by atoms with Crippen molar-refractivity contribution in [1.82, 2.24) is 9.78 Å². The highest BCUT2D eigenvalue weighted by atomic mass is 35.5. The molecule has 0 aliphatic rings. The molecule has 98 valence electrons. The lowest BCUT2D eigenvalue weighted by Gasteiger charge is -2.14. The summed E-state index contributed by atoms with van der Waals surface area (Å²) in [4.78, 5) is 1.10. The van der Waals surface area contributed by atoms with Crippen molar-refractivity contribution in [3.63, 3.8) is 0 Å². The summed E-state index contributed by atoms with van der Waals surface area (Å²) in [5.74, 6) is 0.849. The van der Waals surface area contributed by atoms with E-state index < -0.39 is 0 Å². The van der Waals surface area contributed by atoms with Crippen LogP contribution in [0.15, 0.2) is 47.3 Å². The second-order valence-electron chi connectivity index (χ2n) is 4.14. The maximum atomic E-state index is 6.02. The van der Waals surface area contributed by atoms with E-state index in [2.05, 4.69) is 10.4 Å². The van der Waals surface area contributed by atoms with Gasteiger partial charge in [-0.2, -0.15) is 5.10 Å². The standard InChI is InChI=1S/C13H12ClN3OS/c1-17-8-9(7-15-17)16-13(10-3-2-6-18-10)11-4-5-12(14)19-11/h2-8,13,16H,1H3. The van der Waals surface area contributed by atoms with E-state index in [-0.39, 0.29) is 6.04 Å². The molecule has 3 heterocycles. The number of furan rings is 1. The Morgan fingerprint density at radius 3 is 2.89 bits per heavy atom. The third kappa shape index (κ3) is 2.67. The number of aromatic nitrogens is 2. The lowest BCUT2D eigenvalue weighted by atomic mass is 10.2. The van der Waals surface area contributed by atoms with Crippen LogP contribution >= 0.6 is 22.9 Å². The number of thiophene rings is 1. The molecule has 4 nitrogen and oxygen atoms in total. The summed E-state index contributed by atoms with van der Waals surface area (Å²) in [6.45, 7) is 0. The molecule has 6 heteroatoms. The molecule has 0 saturated carbocycles. The Kier molecular flexibility index (Phi) is 3.31. The Morgan fingerprint density at radius 1 is 1.42 bits per heavy atom. The molecular weight excluding hydrogens is 282 g/mol. The van der Waals surface area contributed by atoms with Gasteiger partial charge >= 0.3 is 0 Å². The second kappa shape index (κ2) is 5.11. The van der Waals surface area contributed by atoms with Crippen LogP contribution in [0.1, 0.15) is 16.7 Å². The van der Waals surface area contributed by atoms with Crippen LogP contribution in [0.4, 0.5) is 5.69 Å². The van der Waals surface area contributed by atoms with E-state index in [1.54, 1.807) is 17.1 Å². The first-order valence-electron chi connectivity index (χ1n) is 5.76. The Labute approximate surface area is 119 Å². The minimum Gasteiger partial charge on any atom is -0.467 e. The number of nitrogens with zero attached hydrogens (tertiary/aromatic N) is 2. The molecule has 1 N–H and O–H groups in total. The van der Waals surface area contributed by atoms with Crippen molar-refractivity contribution in [2.24, 2.45) is 7.05 Å². The molecule has 19 heavy (non-hydrogen) atoms. The van der Waals surface area contributed by atoms with Gasteiger partial charge in [-0.25, -0.2) is 0 Å². The van der Waals surface area contributed by atoms with E-state index in [0.29, 0.717) is 0 Å². The molecule has 3 aromatic rings. The lowest BCUT2D eigenvalue weighted by molar-refractivity contribution is 0.501. The Hall–Kier alpha value is -1.72. The predicted octanol–water partition coefficient (Wildman–Crippen LogP) is 3.93. The Morgan fingerprint density at radius 2 is 2.32 bits per heavy atom. The number of halogens is 1. The van der Waals surface area contributed by atoms with Gasteiger partial charge in [0, 0.05) is 18.1 Å². The molecule has 1 atom stereocenters. The quantitative estimate of drug-likeness (QED) is 0.792. The number of hydrogen-bond acceptors (Lipinski definition) is 4. The topological polar surface area (TPSA) is 43.0 Å². The number of hydrogen-bond donors (Lipinski definition) is 1. The van der Waals surface area contributed by atoms with Crippen LogP contribution in [0.25, 0.3) is 0 Å². The summed E-state index contributed by atoms with van der Waals surface area (Å²) in [6.07, 6.45) is 5.37. The molecule has 0 amide bonds. The Balaban J connectivity index is 1.93. The van der Waals surface area contributed by atoms with Crippen LogP contribution in [0, 0.1) is 0 Å². The summed E-state index contributed by atoms with van der Waals surface area (Å²) in [5, 5.41) is 7.56. The molecule has 0 aliphatic carbocycles. The summed E-state index contributed by atoms with van der Waals surface area (Å²) >= 11 is 7.55. The van der Waals surface area contributed by atoms with Crippen LogP contribution in [0.2, 0.25) is 4.34 Å². The van der Waals surface area contributed by atoms with Gasteiger partial charge in [-0.15, -0.1) is 11.3 Å². The van der Waals surface area contributed by atoms with E-state index in [4.69, 9.17) is 16.0 Å². The van der Waals surface area contributed by atoms with Gasteiger partial charge in [0.05, 0.1) is 22.5 Å². The first kappa shape index (κ1) is 12.3. The van der Waals surface area contributed by atoms with Gasteiger partial charge in [0.2, 0.25) is 0 Å². The molecule has 0 radical (unpaired) electrons. The molecular formula is C13H12ClN3OS. The van der Waals surface area contributed by atoms with E-state index in [9.17, 15) is 0 Å². The average Bonchev–Trinajstić information content (AvgIpc) is 3.08. The molecule has 1 unspecified atom stereocenters. The van der Waals surface area contributed by atoms with E-state index in [1.807, 2.05) is 37.5 Å². The fourth-order valence-electron chi connectivity index (χ4n) is 1.88. The minimum absolute atomic E-state index is 0.0586. The van der Waals surface area contributed by atoms with Crippen molar-refractivity contribution < 1.29 is 4.42 Å². The first-order valence-corrected chi connectivity index (χ1v) is 6.95. The van der Waals surface area contributed by atoms with Gasteiger partial charge in [-0.1, -0.05) is 11.6 Å². The smallest absolute Gasteiger partial charge is 0.131 e. The second-order valence-corrected chi connectivity index (χ2v) is 5.88. The van der Waals surface area contributed by atoms with E-state index in [0.717, 1.165) is 20.7 Å². The highest BCUT2D eigenvalue weighted by molar-refractivity contribution is 7.16. The molecule has 3 aromatic heterocycles. The van der Waals surface area contributed by atoms with Crippen molar-refractivity contribution in [2.75, 3.05) is 5.32 Å². The number of anilines is 1. The van der Waals surface area contributed by atoms with Crippen LogP contribution in [-0.4, -0.2) is 9.78 Å². The molecule has 0 saturated heterocycles. The summed E-state index contributed by atoms with van der Waals surface area (Å²) < 4.78 is 8.03. The molecule has 0 aliphatic heterocycles. The molecule has 3 rings (SSSR count). The fraction of sp³-hybridized carbons (Fsp3) is 0.154. The Bertz CT molecular complexity index is 659. The van der Waals surface area contributed by atoms with Crippen molar-refractivity contribution in [3.8, 4) is 0 Å².